The summed E-state index contributed by atoms with van der Waals surface area (Å²) in [6.07, 6.45) is 2.44. The predicted octanol–water partition coefficient (Wildman–Crippen LogP) is 4.54. The van der Waals surface area contributed by atoms with Crippen molar-refractivity contribution in [1.82, 2.24) is 19.8 Å². The summed E-state index contributed by atoms with van der Waals surface area (Å²) in [6, 6.07) is 19.0. The van der Waals surface area contributed by atoms with Gasteiger partial charge in [0.15, 0.2) is 11.5 Å². The third-order valence-electron chi connectivity index (χ3n) is 6.37. The molecule has 0 aliphatic heterocycles. The molecule has 0 saturated heterocycles. The lowest BCUT2D eigenvalue weighted by Crippen LogP contribution is -2.42. The van der Waals surface area contributed by atoms with Gasteiger partial charge >= 0.3 is 0 Å². The van der Waals surface area contributed by atoms with Gasteiger partial charge in [-0.3, -0.25) is 9.59 Å². The maximum absolute atomic E-state index is 13.6. The molecule has 0 saturated carbocycles. The van der Waals surface area contributed by atoms with Gasteiger partial charge in [-0.25, -0.2) is 4.98 Å². The van der Waals surface area contributed by atoms with Crippen molar-refractivity contribution >= 4 is 22.9 Å². The van der Waals surface area contributed by atoms with Crippen molar-refractivity contribution in [3.05, 3.63) is 89.6 Å². The molecule has 0 radical (unpaired) electrons. The number of rotatable bonds is 8. The molecule has 0 spiro atoms. The van der Waals surface area contributed by atoms with Gasteiger partial charge in [0.25, 0.3) is 11.8 Å². The molecule has 34 heavy (non-hydrogen) atoms. The Labute approximate surface area is 199 Å². The minimum atomic E-state index is -0.150. The summed E-state index contributed by atoms with van der Waals surface area (Å²) in [6.45, 7) is 4.32. The molecule has 2 amide bonds. The molecule has 0 fully saturated rings. The van der Waals surface area contributed by atoms with E-state index < -0.39 is 0 Å². The van der Waals surface area contributed by atoms with E-state index in [2.05, 4.69) is 29.4 Å². The summed E-state index contributed by atoms with van der Waals surface area (Å²) in [7, 11) is 3.65. The Kier molecular flexibility index (Phi) is 6.82. The second-order valence-electron chi connectivity index (χ2n) is 8.62. The Hall–Kier alpha value is -3.87. The highest BCUT2D eigenvalue weighted by atomic mass is 16.3. The van der Waals surface area contributed by atoms with Gasteiger partial charge in [0, 0.05) is 45.7 Å². The number of carbonyl (C=O) groups is 2. The van der Waals surface area contributed by atoms with E-state index in [0.717, 1.165) is 5.56 Å². The van der Waals surface area contributed by atoms with Gasteiger partial charge in [-0.05, 0) is 36.2 Å². The normalized spacial score (nSPS) is 12.9. The molecule has 176 valence electrons. The number of para-hydroxylation sites is 1. The number of fused-ring (bicyclic) bond motifs is 1. The number of nitrogens with one attached hydrogen (secondary N) is 1. The molecule has 4 aromatic rings. The summed E-state index contributed by atoms with van der Waals surface area (Å²) < 4.78 is 7.53. The number of oxazole rings is 1. The quantitative estimate of drug-likeness (QED) is 0.420. The maximum Gasteiger partial charge on any atom is 0.267 e. The van der Waals surface area contributed by atoms with Crippen LogP contribution in [0.2, 0.25) is 0 Å². The van der Waals surface area contributed by atoms with Crippen LogP contribution in [0.4, 0.5) is 0 Å². The van der Waals surface area contributed by atoms with Gasteiger partial charge < -0.3 is 19.2 Å². The van der Waals surface area contributed by atoms with E-state index in [1.165, 1.54) is 0 Å². The number of hydrogen-bond donors (Lipinski definition) is 1. The largest absolute Gasteiger partial charge is 0.440 e. The summed E-state index contributed by atoms with van der Waals surface area (Å²) in [4.78, 5) is 32.3. The monoisotopic (exact) mass is 458 g/mol. The van der Waals surface area contributed by atoms with Gasteiger partial charge in [-0.1, -0.05) is 43.3 Å². The minimum Gasteiger partial charge on any atom is -0.440 e. The number of likely N-dealkylation sites (N-methyl/N-ethyl adjacent to an activating group) is 1. The van der Waals surface area contributed by atoms with Crippen molar-refractivity contribution in [3.8, 4) is 0 Å². The second kappa shape index (κ2) is 9.95. The minimum absolute atomic E-state index is 0.0535. The van der Waals surface area contributed by atoms with Gasteiger partial charge in [0.05, 0.1) is 5.56 Å². The molecule has 0 aliphatic carbocycles. The van der Waals surface area contributed by atoms with Crippen LogP contribution < -0.4 is 5.32 Å². The molecule has 7 nitrogen and oxygen atoms in total. The van der Waals surface area contributed by atoms with E-state index in [0.29, 0.717) is 41.2 Å². The molecule has 2 unspecified atom stereocenters. The predicted molar refractivity (Wildman–Crippen MR) is 132 cm³/mol. The van der Waals surface area contributed by atoms with Gasteiger partial charge in [-0.15, -0.1) is 0 Å². The lowest BCUT2D eigenvalue weighted by atomic mass is 9.89. The zero-order valence-electron chi connectivity index (χ0n) is 20.0. The number of aromatic nitrogens is 2. The first-order valence-electron chi connectivity index (χ1n) is 11.4. The van der Waals surface area contributed by atoms with Crippen LogP contribution >= 0.6 is 0 Å². The zero-order chi connectivity index (χ0) is 24.2. The van der Waals surface area contributed by atoms with Gasteiger partial charge in [-0.2, -0.15) is 0 Å². The molecule has 4 rings (SSSR count). The third-order valence-corrected chi connectivity index (χ3v) is 6.37. The SMILES string of the molecule is Cc1nc2cccc(C(=O)N(C)C(CCNC(=O)c3cccn3C)C(C)c3ccccc3)c2o1. The van der Waals surface area contributed by atoms with Crippen LogP contribution in [-0.4, -0.2) is 45.9 Å². The number of hydrogen-bond acceptors (Lipinski definition) is 4. The molecular weight excluding hydrogens is 428 g/mol. The lowest BCUT2D eigenvalue weighted by Gasteiger charge is -2.33. The van der Waals surface area contributed by atoms with Crippen LogP contribution in [0.5, 0.6) is 0 Å². The fourth-order valence-corrected chi connectivity index (χ4v) is 4.45. The Balaban J connectivity index is 1.57. The van der Waals surface area contributed by atoms with Crippen molar-refractivity contribution < 1.29 is 14.0 Å². The van der Waals surface area contributed by atoms with Crippen molar-refractivity contribution in [2.24, 2.45) is 7.05 Å². The van der Waals surface area contributed by atoms with Crippen molar-refractivity contribution in [2.75, 3.05) is 13.6 Å². The average molecular weight is 459 g/mol. The van der Waals surface area contributed by atoms with Crippen LogP contribution in [0, 0.1) is 6.92 Å². The Morgan fingerprint density at radius 2 is 1.85 bits per heavy atom. The molecule has 0 bridgehead atoms. The highest BCUT2D eigenvalue weighted by Gasteiger charge is 2.29. The van der Waals surface area contributed by atoms with Gasteiger partial charge in [0.2, 0.25) is 0 Å². The summed E-state index contributed by atoms with van der Waals surface area (Å²) in [5.41, 5.74) is 3.39. The standard InChI is InChI=1S/C27H30N4O3/c1-18(20-10-6-5-7-11-20)23(15-16-28-26(32)24-14-9-17-30(24)3)31(4)27(33)21-12-8-13-22-25(21)34-19(2)29-22/h5-14,17-18,23H,15-16H2,1-4H3,(H,28,32). The van der Waals surface area contributed by atoms with E-state index in [4.69, 9.17) is 4.42 Å². The molecule has 1 N–H and O–H groups in total. The van der Waals surface area contributed by atoms with E-state index in [9.17, 15) is 9.59 Å². The molecule has 7 heteroatoms. The maximum atomic E-state index is 13.6. The number of amides is 2. The van der Waals surface area contributed by atoms with E-state index >= 15 is 0 Å². The molecule has 2 aromatic heterocycles. The molecule has 2 heterocycles. The molecule has 2 atom stereocenters. The highest BCUT2D eigenvalue weighted by Crippen LogP contribution is 2.28. The first-order valence-corrected chi connectivity index (χ1v) is 11.4. The van der Waals surface area contributed by atoms with Crippen LogP contribution in [0.25, 0.3) is 11.1 Å². The van der Waals surface area contributed by atoms with E-state index in [1.54, 1.807) is 28.5 Å². The molecular formula is C27H30N4O3. The van der Waals surface area contributed by atoms with E-state index in [-0.39, 0.29) is 23.8 Å². The number of aryl methyl sites for hydroxylation is 2. The topological polar surface area (TPSA) is 80.4 Å². The summed E-state index contributed by atoms with van der Waals surface area (Å²) in [5, 5.41) is 3.00. The van der Waals surface area contributed by atoms with Gasteiger partial charge in [0.1, 0.15) is 11.2 Å². The first kappa shape index (κ1) is 23.3. The van der Waals surface area contributed by atoms with Crippen molar-refractivity contribution in [3.63, 3.8) is 0 Å². The fourth-order valence-electron chi connectivity index (χ4n) is 4.45. The van der Waals surface area contributed by atoms with Crippen LogP contribution in [0.3, 0.4) is 0 Å². The first-order chi connectivity index (χ1) is 16.4. The van der Waals surface area contributed by atoms with Crippen LogP contribution in [0.15, 0.2) is 71.3 Å². The second-order valence-corrected chi connectivity index (χ2v) is 8.62. The van der Waals surface area contributed by atoms with Crippen molar-refractivity contribution in [2.45, 2.75) is 32.2 Å². The Morgan fingerprint density at radius 3 is 2.56 bits per heavy atom. The average Bonchev–Trinajstić information content (AvgIpc) is 3.45. The summed E-state index contributed by atoms with van der Waals surface area (Å²) >= 11 is 0. The Morgan fingerprint density at radius 1 is 1.09 bits per heavy atom. The fraction of sp³-hybridized carbons (Fsp3) is 0.296. The van der Waals surface area contributed by atoms with Crippen LogP contribution in [-0.2, 0) is 7.05 Å². The highest BCUT2D eigenvalue weighted by molar-refractivity contribution is 6.04. The van der Waals surface area contributed by atoms with Crippen molar-refractivity contribution in [1.29, 1.82) is 0 Å². The number of nitrogens with zero attached hydrogens (tertiary/aromatic N) is 3. The number of carbonyl (C=O) groups excluding carboxylic acids is 2. The van der Waals surface area contributed by atoms with E-state index in [1.807, 2.05) is 56.7 Å². The lowest BCUT2D eigenvalue weighted by molar-refractivity contribution is 0.0702. The van der Waals surface area contributed by atoms with Crippen LogP contribution in [0.1, 0.15) is 51.6 Å². The third kappa shape index (κ3) is 4.73. The molecule has 2 aromatic carbocycles. The smallest absolute Gasteiger partial charge is 0.267 e. The molecule has 0 aliphatic rings. The summed E-state index contributed by atoms with van der Waals surface area (Å²) in [5.74, 6) is 0.311. The number of benzene rings is 2. The Bertz CT molecular complexity index is 1290. The zero-order valence-corrected chi connectivity index (χ0v) is 20.0.